The Balaban J connectivity index is 1.37. The van der Waals surface area contributed by atoms with Gasteiger partial charge in [-0.1, -0.05) is 12.1 Å². The molecule has 9 heteroatoms. The molecule has 2 heterocycles. The number of ether oxygens (including phenoxy) is 2. The van der Waals surface area contributed by atoms with E-state index in [-0.39, 0.29) is 12.3 Å². The summed E-state index contributed by atoms with van der Waals surface area (Å²) in [5.74, 6) is 1.18. The number of rotatable bonds is 8. The van der Waals surface area contributed by atoms with Crippen LogP contribution in [0.3, 0.4) is 0 Å². The Morgan fingerprint density at radius 2 is 1.90 bits per heavy atom. The summed E-state index contributed by atoms with van der Waals surface area (Å²) < 4.78 is 12.4. The van der Waals surface area contributed by atoms with Gasteiger partial charge < -0.3 is 14.8 Å². The van der Waals surface area contributed by atoms with Crippen LogP contribution in [0.5, 0.6) is 11.5 Å². The summed E-state index contributed by atoms with van der Waals surface area (Å²) in [5, 5.41) is 9.72. The molecule has 1 N–H and O–H groups in total. The number of hydrogen-bond donors (Lipinski definition) is 1. The molecule has 2 aromatic carbocycles. The Kier molecular flexibility index (Phi) is 6.23. The third kappa shape index (κ3) is 5.07. The van der Waals surface area contributed by atoms with Gasteiger partial charge in [0.25, 0.3) is 0 Å². The molecule has 0 saturated heterocycles. The highest BCUT2D eigenvalue weighted by Gasteiger charge is 2.12. The molecule has 0 saturated carbocycles. The number of hydrogen-bond acceptors (Lipinski definition) is 7. The Labute approximate surface area is 183 Å². The van der Waals surface area contributed by atoms with Crippen LogP contribution in [0.1, 0.15) is 11.3 Å². The van der Waals surface area contributed by atoms with Crippen LogP contribution < -0.4 is 14.8 Å². The minimum atomic E-state index is -0.117. The Morgan fingerprint density at radius 3 is 2.61 bits per heavy atom. The number of nitrogens with one attached hydrogen (secondary N) is 1. The predicted molar refractivity (Wildman–Crippen MR) is 119 cm³/mol. The average Bonchev–Trinajstić information content (AvgIpc) is 3.47. The molecule has 4 rings (SSSR count). The van der Waals surface area contributed by atoms with Gasteiger partial charge in [0, 0.05) is 16.6 Å². The molecule has 31 heavy (non-hydrogen) atoms. The van der Waals surface area contributed by atoms with Gasteiger partial charge in [0.1, 0.15) is 17.7 Å². The van der Waals surface area contributed by atoms with Crippen LogP contribution >= 0.6 is 11.3 Å². The molecule has 0 aliphatic rings. The molecular weight excluding hydrogens is 414 g/mol. The van der Waals surface area contributed by atoms with E-state index in [2.05, 4.69) is 20.4 Å². The van der Waals surface area contributed by atoms with Crippen molar-refractivity contribution in [1.82, 2.24) is 19.7 Å². The lowest BCUT2D eigenvalue weighted by Crippen LogP contribution is -2.14. The molecular formula is C22H21N5O3S. The van der Waals surface area contributed by atoms with E-state index in [0.717, 1.165) is 27.5 Å². The van der Waals surface area contributed by atoms with E-state index in [1.807, 2.05) is 47.8 Å². The van der Waals surface area contributed by atoms with Crippen molar-refractivity contribution in [2.24, 2.45) is 0 Å². The maximum Gasteiger partial charge on any atom is 0.230 e. The SMILES string of the molecule is COc1ccc(-c2nc(CC(=O)Nc3ccc(Cn4cncn4)cc3)cs2)cc1OC. The largest absolute Gasteiger partial charge is 0.493 e. The highest BCUT2D eigenvalue weighted by Crippen LogP contribution is 2.33. The van der Waals surface area contributed by atoms with Gasteiger partial charge in [-0.15, -0.1) is 11.3 Å². The minimum absolute atomic E-state index is 0.117. The monoisotopic (exact) mass is 435 g/mol. The van der Waals surface area contributed by atoms with Crippen LogP contribution in [0.4, 0.5) is 5.69 Å². The summed E-state index contributed by atoms with van der Waals surface area (Å²) >= 11 is 1.49. The van der Waals surface area contributed by atoms with Crippen LogP contribution in [0.15, 0.2) is 60.5 Å². The molecule has 0 bridgehead atoms. The van der Waals surface area contributed by atoms with Gasteiger partial charge in [0.05, 0.1) is 32.9 Å². The lowest BCUT2D eigenvalue weighted by atomic mass is 10.2. The lowest BCUT2D eigenvalue weighted by molar-refractivity contribution is -0.115. The number of carbonyl (C=O) groups excluding carboxylic acids is 1. The molecule has 158 valence electrons. The second-order valence-corrected chi connectivity index (χ2v) is 7.59. The maximum absolute atomic E-state index is 12.4. The zero-order chi connectivity index (χ0) is 21.6. The van der Waals surface area contributed by atoms with Crippen molar-refractivity contribution in [2.45, 2.75) is 13.0 Å². The first-order chi connectivity index (χ1) is 15.1. The number of amides is 1. The third-order valence-corrected chi connectivity index (χ3v) is 5.51. The van der Waals surface area contributed by atoms with Crippen LogP contribution in [0.2, 0.25) is 0 Å². The van der Waals surface area contributed by atoms with E-state index < -0.39 is 0 Å². The Morgan fingerprint density at radius 1 is 1.10 bits per heavy atom. The van der Waals surface area contributed by atoms with Gasteiger partial charge in [-0.2, -0.15) is 5.10 Å². The first kappa shape index (κ1) is 20.5. The molecule has 0 unspecified atom stereocenters. The molecule has 8 nitrogen and oxygen atoms in total. The topological polar surface area (TPSA) is 91.2 Å². The van der Waals surface area contributed by atoms with Crippen molar-refractivity contribution in [3.05, 3.63) is 71.8 Å². The van der Waals surface area contributed by atoms with Crippen molar-refractivity contribution in [2.75, 3.05) is 19.5 Å². The van der Waals surface area contributed by atoms with Crippen LogP contribution in [0, 0.1) is 0 Å². The fourth-order valence-electron chi connectivity index (χ4n) is 3.05. The fraction of sp³-hybridized carbons (Fsp3) is 0.182. The van der Waals surface area contributed by atoms with Gasteiger partial charge in [-0.05, 0) is 35.9 Å². The van der Waals surface area contributed by atoms with Crippen molar-refractivity contribution in [3.63, 3.8) is 0 Å². The quantitative estimate of drug-likeness (QED) is 0.454. The van der Waals surface area contributed by atoms with Gasteiger partial charge in [0.2, 0.25) is 5.91 Å². The predicted octanol–water partition coefficient (Wildman–Crippen LogP) is 3.65. The summed E-state index contributed by atoms with van der Waals surface area (Å²) in [7, 11) is 3.20. The first-order valence-electron chi connectivity index (χ1n) is 9.52. The second-order valence-electron chi connectivity index (χ2n) is 6.73. The van der Waals surface area contributed by atoms with E-state index in [4.69, 9.17) is 9.47 Å². The number of nitrogens with zero attached hydrogens (tertiary/aromatic N) is 4. The summed E-state index contributed by atoms with van der Waals surface area (Å²) in [6.45, 7) is 0.631. The van der Waals surface area contributed by atoms with E-state index in [1.54, 1.807) is 25.2 Å². The molecule has 0 aliphatic carbocycles. The zero-order valence-corrected chi connectivity index (χ0v) is 17.9. The molecule has 0 spiro atoms. The van der Waals surface area contributed by atoms with Crippen LogP contribution in [0.25, 0.3) is 10.6 Å². The molecule has 0 fully saturated rings. The zero-order valence-electron chi connectivity index (χ0n) is 17.1. The van der Waals surface area contributed by atoms with Crippen molar-refractivity contribution >= 4 is 22.9 Å². The van der Waals surface area contributed by atoms with Crippen LogP contribution in [-0.2, 0) is 17.8 Å². The fourth-order valence-corrected chi connectivity index (χ4v) is 3.87. The highest BCUT2D eigenvalue weighted by molar-refractivity contribution is 7.13. The summed E-state index contributed by atoms with van der Waals surface area (Å²) in [4.78, 5) is 21.0. The van der Waals surface area contributed by atoms with Crippen molar-refractivity contribution in [1.29, 1.82) is 0 Å². The number of aromatic nitrogens is 4. The second kappa shape index (κ2) is 9.40. The highest BCUT2D eigenvalue weighted by atomic mass is 32.1. The Bertz CT molecular complexity index is 1160. The maximum atomic E-state index is 12.4. The summed E-state index contributed by atoms with van der Waals surface area (Å²) in [5.41, 5.74) is 3.44. The van der Waals surface area contributed by atoms with Gasteiger partial charge in [-0.25, -0.2) is 14.6 Å². The molecule has 0 atom stereocenters. The number of anilines is 1. The molecule has 2 aromatic heterocycles. The molecule has 1 amide bonds. The molecule has 0 aliphatic heterocycles. The van der Waals surface area contributed by atoms with E-state index in [1.165, 1.54) is 17.7 Å². The van der Waals surface area contributed by atoms with Gasteiger partial charge in [-0.3, -0.25) is 4.79 Å². The number of benzene rings is 2. The van der Waals surface area contributed by atoms with E-state index in [9.17, 15) is 4.79 Å². The summed E-state index contributed by atoms with van der Waals surface area (Å²) in [6.07, 6.45) is 3.37. The minimum Gasteiger partial charge on any atom is -0.493 e. The van der Waals surface area contributed by atoms with Crippen LogP contribution in [-0.4, -0.2) is 39.9 Å². The average molecular weight is 436 g/mol. The first-order valence-corrected chi connectivity index (χ1v) is 10.4. The molecule has 4 aromatic rings. The summed E-state index contributed by atoms with van der Waals surface area (Å²) in [6, 6.07) is 13.3. The number of carbonyl (C=O) groups is 1. The lowest BCUT2D eigenvalue weighted by Gasteiger charge is -2.08. The van der Waals surface area contributed by atoms with Gasteiger partial charge >= 0.3 is 0 Å². The normalized spacial score (nSPS) is 10.6. The van der Waals surface area contributed by atoms with Gasteiger partial charge in [0.15, 0.2) is 11.5 Å². The van der Waals surface area contributed by atoms with Crippen molar-refractivity contribution < 1.29 is 14.3 Å². The molecule has 0 radical (unpaired) electrons. The smallest absolute Gasteiger partial charge is 0.230 e. The standard InChI is InChI=1S/C22H21N5O3S/c1-29-19-8-5-16(9-20(19)30-2)22-26-18(12-31-22)10-21(28)25-17-6-3-15(4-7-17)11-27-14-23-13-24-27/h3-9,12-14H,10-11H2,1-2H3,(H,25,28). The third-order valence-electron chi connectivity index (χ3n) is 4.57. The van der Waals surface area contributed by atoms with Crippen molar-refractivity contribution in [3.8, 4) is 22.1 Å². The van der Waals surface area contributed by atoms with E-state index in [0.29, 0.717) is 18.0 Å². The number of thiazole rings is 1. The van der Waals surface area contributed by atoms with E-state index >= 15 is 0 Å². The number of methoxy groups -OCH3 is 2. The Hall–Kier alpha value is -3.72.